The van der Waals surface area contributed by atoms with Crippen LogP contribution in [0.3, 0.4) is 0 Å². The van der Waals surface area contributed by atoms with Gasteiger partial charge in [-0.05, 0) is 41.7 Å². The highest BCUT2D eigenvalue weighted by atomic mass is 35.5. The first-order valence-corrected chi connectivity index (χ1v) is 12.7. The number of hydrogen-bond donors (Lipinski definition) is 3. The predicted octanol–water partition coefficient (Wildman–Crippen LogP) is 6.52. The summed E-state index contributed by atoms with van der Waals surface area (Å²) >= 11 is 12.1. The molecule has 11 heteroatoms. The number of aromatic carboxylic acids is 1. The summed E-state index contributed by atoms with van der Waals surface area (Å²) in [4.78, 5) is 24.9. The molecule has 0 spiro atoms. The fraction of sp³-hybridized carbons (Fsp3) is 0.321. The second-order valence-electron chi connectivity index (χ2n) is 10.6. The summed E-state index contributed by atoms with van der Waals surface area (Å²) in [5.74, 6) is -5.53. The molecule has 2 aromatic carbocycles. The number of benzene rings is 2. The van der Waals surface area contributed by atoms with Gasteiger partial charge in [-0.1, -0.05) is 62.2 Å². The number of nitriles is 1. The van der Waals surface area contributed by atoms with Crippen LogP contribution in [0.15, 0.2) is 52.9 Å². The topological polar surface area (TPSA) is 115 Å². The monoisotopic (exact) mass is 575 g/mol. The minimum atomic E-state index is -1.79. The lowest BCUT2D eigenvalue weighted by Crippen LogP contribution is -2.44. The Labute approximate surface area is 233 Å². The number of nitrogens with zero attached hydrogens (tertiary/aromatic N) is 1. The van der Waals surface area contributed by atoms with Gasteiger partial charge in [-0.15, -0.1) is 0 Å². The fourth-order valence-electron chi connectivity index (χ4n) is 5.28. The first-order valence-electron chi connectivity index (χ1n) is 12.0. The lowest BCUT2D eigenvalue weighted by atomic mass is 9.62. The Hall–Kier alpha value is -3.45. The molecule has 1 unspecified atom stereocenters. The van der Waals surface area contributed by atoms with Crippen LogP contribution in [-0.2, 0) is 10.2 Å². The largest absolute Gasteiger partial charge is 0.475 e. The maximum atomic E-state index is 15.6. The number of furan rings is 1. The van der Waals surface area contributed by atoms with Crippen LogP contribution in [0.1, 0.15) is 54.8 Å². The van der Waals surface area contributed by atoms with Gasteiger partial charge >= 0.3 is 5.97 Å². The van der Waals surface area contributed by atoms with Gasteiger partial charge in [0.15, 0.2) is 0 Å². The first kappa shape index (κ1) is 28.6. The number of carboxylic acid groups (broad SMARTS) is 1. The normalized spacial score (nSPS) is 22.9. The molecule has 3 aromatic rings. The molecule has 0 saturated carbocycles. The van der Waals surface area contributed by atoms with Crippen molar-refractivity contribution >= 4 is 41.0 Å². The number of nitrogens with one attached hydrogen (secondary N) is 2. The average Bonchev–Trinajstić information content (AvgIpc) is 3.43. The summed E-state index contributed by atoms with van der Waals surface area (Å²) < 4.78 is 36.4. The van der Waals surface area contributed by atoms with Crippen LogP contribution in [0.25, 0.3) is 0 Å². The molecule has 1 aliphatic rings. The molecule has 39 heavy (non-hydrogen) atoms. The van der Waals surface area contributed by atoms with Crippen LogP contribution < -0.4 is 10.6 Å². The molecular weight excluding hydrogens is 551 g/mol. The highest BCUT2D eigenvalue weighted by Gasteiger charge is 2.61. The van der Waals surface area contributed by atoms with Crippen LogP contribution in [-0.4, -0.2) is 29.1 Å². The Morgan fingerprint density at radius 1 is 1.18 bits per heavy atom. The van der Waals surface area contributed by atoms with Gasteiger partial charge in [0.1, 0.15) is 17.0 Å². The Morgan fingerprint density at radius 2 is 1.90 bits per heavy atom. The fourth-order valence-corrected chi connectivity index (χ4v) is 5.62. The molecule has 0 aliphatic carbocycles. The zero-order valence-electron chi connectivity index (χ0n) is 21.2. The maximum absolute atomic E-state index is 15.6. The van der Waals surface area contributed by atoms with E-state index in [4.69, 9.17) is 32.7 Å². The minimum Gasteiger partial charge on any atom is -0.475 e. The second kappa shape index (κ2) is 10.6. The van der Waals surface area contributed by atoms with Crippen molar-refractivity contribution in [3.05, 3.63) is 87.1 Å². The summed E-state index contributed by atoms with van der Waals surface area (Å²) in [7, 11) is 0. The van der Waals surface area contributed by atoms with Crippen molar-refractivity contribution in [2.45, 2.75) is 50.6 Å². The van der Waals surface area contributed by atoms with Crippen molar-refractivity contribution in [3.63, 3.8) is 0 Å². The number of halogens is 4. The number of carbonyl (C=O) groups is 2. The molecule has 1 amide bonds. The quantitative estimate of drug-likeness (QED) is 0.308. The third-order valence-corrected chi connectivity index (χ3v) is 7.32. The zero-order chi connectivity index (χ0) is 28.7. The molecule has 1 aliphatic heterocycles. The molecule has 2 heterocycles. The molecule has 7 nitrogen and oxygen atoms in total. The summed E-state index contributed by atoms with van der Waals surface area (Å²) in [5, 5.41) is 25.5. The highest BCUT2D eigenvalue weighted by Crippen LogP contribution is 2.52. The number of rotatable bonds is 6. The Morgan fingerprint density at radius 3 is 2.49 bits per heavy atom. The molecule has 0 radical (unpaired) electrons. The Kier molecular flexibility index (Phi) is 7.77. The van der Waals surface area contributed by atoms with E-state index >= 15 is 8.78 Å². The van der Waals surface area contributed by atoms with Crippen LogP contribution >= 0.6 is 23.2 Å². The third-order valence-electron chi connectivity index (χ3n) is 6.79. The number of carbonyl (C=O) groups excluding carboxylic acids is 1. The van der Waals surface area contributed by atoms with E-state index in [1.165, 1.54) is 42.5 Å². The first-order chi connectivity index (χ1) is 18.3. The van der Waals surface area contributed by atoms with Gasteiger partial charge in [-0.25, -0.2) is 13.6 Å². The van der Waals surface area contributed by atoms with E-state index in [1.54, 1.807) is 0 Å². The van der Waals surface area contributed by atoms with Gasteiger partial charge in [0.05, 0.1) is 17.1 Å². The van der Waals surface area contributed by atoms with Gasteiger partial charge in [0.2, 0.25) is 17.6 Å². The van der Waals surface area contributed by atoms with Gasteiger partial charge in [0.25, 0.3) is 0 Å². The van der Waals surface area contributed by atoms with Crippen molar-refractivity contribution in [3.8, 4) is 6.07 Å². The van der Waals surface area contributed by atoms with Crippen molar-refractivity contribution in [1.29, 1.82) is 5.26 Å². The zero-order valence-corrected chi connectivity index (χ0v) is 22.7. The molecule has 4 rings (SSSR count). The molecule has 0 bridgehead atoms. The Balaban J connectivity index is 1.94. The number of carboxylic acids is 1. The molecule has 204 valence electrons. The van der Waals surface area contributed by atoms with E-state index < -0.39 is 58.1 Å². The third kappa shape index (κ3) is 5.37. The Bertz CT molecular complexity index is 1480. The van der Waals surface area contributed by atoms with Crippen molar-refractivity contribution in [1.82, 2.24) is 5.32 Å². The van der Waals surface area contributed by atoms with E-state index in [-0.39, 0.29) is 27.1 Å². The van der Waals surface area contributed by atoms with E-state index in [9.17, 15) is 14.9 Å². The summed E-state index contributed by atoms with van der Waals surface area (Å²) in [6.07, 6.45) is 0.301. The standard InChI is InChI=1S/C28H25Cl2F2N3O4/c1-27(2,3)12-20-28(13-33,16-8-7-14(29)11-18(16)31)22(15-5-4-6-17(30)23(15)32)24(34-20)25(36)35-21-10-9-19(39-21)26(37)38/h4-11,20,22,24,34H,12H2,1-3H3,(H,35,36)(H,37,38)/t20-,22-,24?,28-/m0/s1. The summed E-state index contributed by atoms with van der Waals surface area (Å²) in [5.41, 5.74) is -2.30. The molecule has 1 fully saturated rings. The van der Waals surface area contributed by atoms with Crippen molar-refractivity contribution in [2.24, 2.45) is 5.41 Å². The van der Waals surface area contributed by atoms with Crippen LogP contribution in [0.4, 0.5) is 14.7 Å². The van der Waals surface area contributed by atoms with E-state index in [2.05, 4.69) is 16.7 Å². The lowest BCUT2D eigenvalue weighted by molar-refractivity contribution is -0.118. The molecular formula is C28H25Cl2F2N3O4. The van der Waals surface area contributed by atoms with E-state index in [0.717, 1.165) is 6.07 Å². The summed E-state index contributed by atoms with van der Waals surface area (Å²) in [6, 6.07) is 10.7. The van der Waals surface area contributed by atoms with Gasteiger partial charge < -0.3 is 14.8 Å². The summed E-state index contributed by atoms with van der Waals surface area (Å²) in [6.45, 7) is 5.77. The second-order valence-corrected chi connectivity index (χ2v) is 11.5. The highest BCUT2D eigenvalue weighted by molar-refractivity contribution is 6.31. The molecule has 4 atom stereocenters. The smallest absolute Gasteiger partial charge is 0.371 e. The van der Waals surface area contributed by atoms with E-state index in [1.807, 2.05) is 20.8 Å². The number of amides is 1. The predicted molar refractivity (Wildman–Crippen MR) is 142 cm³/mol. The average molecular weight is 576 g/mol. The van der Waals surface area contributed by atoms with Crippen LogP contribution in [0.2, 0.25) is 10.0 Å². The molecule has 1 saturated heterocycles. The van der Waals surface area contributed by atoms with Crippen LogP contribution in [0.5, 0.6) is 0 Å². The lowest BCUT2D eigenvalue weighted by Gasteiger charge is -2.37. The van der Waals surface area contributed by atoms with Gasteiger partial charge in [0, 0.05) is 28.6 Å². The van der Waals surface area contributed by atoms with Gasteiger partial charge in [-0.2, -0.15) is 5.26 Å². The molecule has 1 aromatic heterocycles. The maximum Gasteiger partial charge on any atom is 0.371 e. The number of hydrogen-bond acceptors (Lipinski definition) is 5. The van der Waals surface area contributed by atoms with E-state index in [0.29, 0.717) is 6.42 Å². The molecule has 3 N–H and O–H groups in total. The number of anilines is 1. The van der Waals surface area contributed by atoms with Gasteiger partial charge in [-0.3, -0.25) is 10.1 Å². The van der Waals surface area contributed by atoms with Crippen molar-refractivity contribution < 1.29 is 27.9 Å². The van der Waals surface area contributed by atoms with Crippen LogP contribution in [0, 0.1) is 28.4 Å². The van der Waals surface area contributed by atoms with Crippen molar-refractivity contribution in [2.75, 3.05) is 5.32 Å². The minimum absolute atomic E-state index is 0.0537. The SMILES string of the molecule is CC(C)(C)C[C@@H]1NC(C(=O)Nc2ccc(C(=O)O)o2)[C@H](c2cccc(Cl)c2F)[C@@]1(C#N)c1ccc(Cl)cc1F.